The molecule has 144 valence electrons. The van der Waals surface area contributed by atoms with Gasteiger partial charge in [0, 0.05) is 17.3 Å². The Morgan fingerprint density at radius 2 is 1.93 bits per heavy atom. The number of aromatic nitrogens is 2. The fourth-order valence-electron chi connectivity index (χ4n) is 3.05. The first-order valence-electron chi connectivity index (χ1n) is 8.88. The first-order chi connectivity index (χ1) is 12.7. The minimum absolute atomic E-state index is 0.0535. The molecule has 0 fully saturated rings. The van der Waals surface area contributed by atoms with E-state index in [-0.39, 0.29) is 11.5 Å². The number of methoxy groups -OCH3 is 1. The van der Waals surface area contributed by atoms with Gasteiger partial charge in [-0.15, -0.1) is 0 Å². The summed E-state index contributed by atoms with van der Waals surface area (Å²) in [6, 6.07) is 6.12. The lowest BCUT2D eigenvalue weighted by molar-refractivity contribution is 0.0866. The van der Waals surface area contributed by atoms with Crippen molar-refractivity contribution < 1.29 is 14.0 Å². The second kappa shape index (κ2) is 7.61. The fraction of sp³-hybridized carbons (Fsp3) is 0.421. The van der Waals surface area contributed by atoms with Gasteiger partial charge in [0.25, 0.3) is 0 Å². The summed E-state index contributed by atoms with van der Waals surface area (Å²) in [5.74, 6) is 0.491. The smallest absolute Gasteiger partial charge is 0.420 e. The van der Waals surface area contributed by atoms with Crippen LogP contribution in [0.5, 0.6) is 0 Å². The van der Waals surface area contributed by atoms with Crippen LogP contribution in [-0.4, -0.2) is 32.2 Å². The van der Waals surface area contributed by atoms with Crippen molar-refractivity contribution in [2.24, 2.45) is 5.41 Å². The van der Waals surface area contributed by atoms with E-state index in [1.165, 1.54) is 23.8 Å². The average Bonchev–Trinajstić information content (AvgIpc) is 2.62. The number of amides is 1. The molecule has 1 aromatic carbocycles. The van der Waals surface area contributed by atoms with E-state index >= 15 is 0 Å². The molecule has 0 aliphatic carbocycles. The molecular formula is C19H25N3O3SSi. The van der Waals surface area contributed by atoms with Gasteiger partial charge in [0.15, 0.2) is 14.9 Å². The van der Waals surface area contributed by atoms with E-state index in [0.717, 1.165) is 16.1 Å². The zero-order valence-corrected chi connectivity index (χ0v) is 18.5. The van der Waals surface area contributed by atoms with Crippen molar-refractivity contribution >= 4 is 38.4 Å². The number of benzene rings is 1. The molecule has 1 aromatic heterocycles. The number of hydrogen-bond acceptors (Lipinski definition) is 6. The number of fused-ring (bicyclic) bond motifs is 2. The predicted molar refractivity (Wildman–Crippen MR) is 109 cm³/mol. The predicted octanol–water partition coefficient (Wildman–Crippen LogP) is 4.93. The number of nitrogens with zero attached hydrogens (tertiary/aromatic N) is 3. The van der Waals surface area contributed by atoms with Gasteiger partial charge in [-0.25, -0.2) is 19.7 Å². The molecule has 6 nitrogen and oxygen atoms in total. The highest BCUT2D eigenvalue weighted by Gasteiger charge is 2.34. The average molecular weight is 404 g/mol. The molecule has 27 heavy (non-hydrogen) atoms. The number of rotatable bonds is 3. The maximum atomic E-state index is 12.6. The quantitative estimate of drug-likeness (QED) is 0.677. The molecule has 0 bridgehead atoms. The summed E-state index contributed by atoms with van der Waals surface area (Å²) < 4.78 is 11.4. The Hall–Kier alpha value is -1.90. The van der Waals surface area contributed by atoms with Crippen molar-refractivity contribution in [3.63, 3.8) is 0 Å². The van der Waals surface area contributed by atoms with Gasteiger partial charge in [0.05, 0.1) is 18.9 Å². The summed E-state index contributed by atoms with van der Waals surface area (Å²) in [4.78, 5) is 23.7. The summed E-state index contributed by atoms with van der Waals surface area (Å²) in [5.41, 5.74) is 1.73. The number of hydrogen-bond donors (Lipinski definition) is 0. The van der Waals surface area contributed by atoms with E-state index in [9.17, 15) is 4.79 Å². The van der Waals surface area contributed by atoms with Gasteiger partial charge < -0.3 is 9.16 Å². The van der Waals surface area contributed by atoms with Crippen molar-refractivity contribution in [2.45, 2.75) is 49.9 Å². The van der Waals surface area contributed by atoms with Crippen molar-refractivity contribution in [2.75, 3.05) is 12.0 Å². The summed E-state index contributed by atoms with van der Waals surface area (Å²) in [6.07, 6.45) is 2.66. The lowest BCUT2D eigenvalue weighted by Crippen LogP contribution is -2.30. The van der Waals surface area contributed by atoms with Crippen LogP contribution < -0.4 is 4.90 Å². The molecular weight excluding hydrogens is 378 g/mol. The molecule has 1 aliphatic heterocycles. The van der Waals surface area contributed by atoms with Crippen LogP contribution in [0.3, 0.4) is 0 Å². The minimum Gasteiger partial charge on any atom is -0.452 e. The van der Waals surface area contributed by atoms with Crippen molar-refractivity contribution in [3.8, 4) is 0 Å². The van der Waals surface area contributed by atoms with Crippen LogP contribution in [0.1, 0.15) is 32.4 Å². The Bertz CT molecular complexity index is 854. The summed E-state index contributed by atoms with van der Waals surface area (Å²) in [6.45, 7) is 10.8. The van der Waals surface area contributed by atoms with Gasteiger partial charge in [-0.3, -0.25) is 0 Å². The van der Waals surface area contributed by atoms with E-state index in [1.54, 1.807) is 12.4 Å². The highest BCUT2D eigenvalue weighted by atomic mass is 32.2. The highest BCUT2D eigenvalue weighted by molar-refractivity contribution is 7.99. The van der Waals surface area contributed by atoms with Crippen LogP contribution >= 0.6 is 11.8 Å². The zero-order valence-electron chi connectivity index (χ0n) is 16.5. The molecule has 2 aromatic rings. The van der Waals surface area contributed by atoms with Crippen LogP contribution in [-0.2, 0) is 9.16 Å². The number of carbonyl (C=O) groups is 1. The van der Waals surface area contributed by atoms with Crippen molar-refractivity contribution in [1.82, 2.24) is 9.97 Å². The highest BCUT2D eigenvalue weighted by Crippen LogP contribution is 2.48. The maximum Gasteiger partial charge on any atom is 0.420 e. The van der Waals surface area contributed by atoms with Gasteiger partial charge in [-0.2, -0.15) is 0 Å². The SMILES string of the molecule is COC(=O)N1c2cc(C(O[SiH](C)C)C(C)(C)C)ccc2Sc2nccnc21. The largest absolute Gasteiger partial charge is 0.452 e. The normalized spacial score (nSPS) is 14.6. The molecule has 3 rings (SSSR count). The van der Waals surface area contributed by atoms with Gasteiger partial charge in [-0.1, -0.05) is 38.6 Å². The topological polar surface area (TPSA) is 64.5 Å². The van der Waals surface area contributed by atoms with Crippen molar-refractivity contribution in [3.05, 3.63) is 36.2 Å². The monoisotopic (exact) mass is 403 g/mol. The lowest BCUT2D eigenvalue weighted by atomic mass is 9.84. The third-order valence-corrected chi connectivity index (χ3v) is 6.01. The van der Waals surface area contributed by atoms with E-state index < -0.39 is 15.1 Å². The first-order valence-corrected chi connectivity index (χ1v) is 12.5. The molecule has 0 saturated heterocycles. The molecule has 1 amide bonds. The summed E-state index contributed by atoms with van der Waals surface area (Å²) in [7, 11) is 0.113. The Labute approximate surface area is 166 Å². The maximum absolute atomic E-state index is 12.6. The third-order valence-electron chi connectivity index (χ3n) is 4.14. The molecule has 2 heterocycles. The van der Waals surface area contributed by atoms with Gasteiger partial charge in [-0.05, 0) is 36.2 Å². The Morgan fingerprint density at radius 1 is 1.22 bits per heavy atom. The lowest BCUT2D eigenvalue weighted by Gasteiger charge is -2.34. The van der Waals surface area contributed by atoms with Gasteiger partial charge in [0.2, 0.25) is 0 Å². The van der Waals surface area contributed by atoms with Crippen LogP contribution in [0.15, 0.2) is 40.5 Å². The Morgan fingerprint density at radius 3 is 2.56 bits per heavy atom. The summed E-state index contributed by atoms with van der Waals surface area (Å²) >= 11 is 1.50. The molecule has 0 spiro atoms. The molecule has 8 heteroatoms. The van der Waals surface area contributed by atoms with E-state index in [1.807, 2.05) is 12.1 Å². The number of carbonyl (C=O) groups excluding carboxylic acids is 1. The zero-order chi connectivity index (χ0) is 19.8. The third kappa shape index (κ3) is 4.02. The van der Waals surface area contributed by atoms with E-state index in [0.29, 0.717) is 10.8 Å². The van der Waals surface area contributed by atoms with Crippen LogP contribution in [0.4, 0.5) is 16.3 Å². The Kier molecular flexibility index (Phi) is 5.59. The summed E-state index contributed by atoms with van der Waals surface area (Å²) in [5, 5.41) is 0.682. The minimum atomic E-state index is -1.26. The molecule has 0 saturated carbocycles. The van der Waals surface area contributed by atoms with Gasteiger partial charge >= 0.3 is 6.09 Å². The van der Waals surface area contributed by atoms with E-state index in [4.69, 9.17) is 9.16 Å². The second-order valence-electron chi connectivity index (χ2n) is 7.75. The second-order valence-corrected chi connectivity index (χ2v) is 11.2. The van der Waals surface area contributed by atoms with Crippen molar-refractivity contribution in [1.29, 1.82) is 0 Å². The molecule has 0 N–H and O–H groups in total. The molecule has 0 radical (unpaired) electrons. The fourth-order valence-corrected chi connectivity index (χ4v) is 5.11. The number of ether oxygens (including phenoxy) is 1. The number of anilines is 2. The molecule has 1 atom stereocenters. The Balaban J connectivity index is 2.11. The first kappa shape index (κ1) is 19.8. The van der Waals surface area contributed by atoms with Crippen LogP contribution in [0.25, 0.3) is 0 Å². The standard InChI is InChI=1S/C19H25N3O3SSi/c1-19(2,3)15(25-27(5)6)12-7-8-14-13(11-12)22(18(23)24-4)16-17(26-14)21-10-9-20-16/h7-11,15,27H,1-6H3. The van der Waals surface area contributed by atoms with Crippen LogP contribution in [0.2, 0.25) is 13.1 Å². The van der Waals surface area contributed by atoms with Gasteiger partial charge in [0.1, 0.15) is 5.03 Å². The molecule has 1 aliphatic rings. The van der Waals surface area contributed by atoms with Crippen LogP contribution in [0, 0.1) is 5.41 Å². The molecule has 1 unspecified atom stereocenters. The van der Waals surface area contributed by atoms with E-state index in [2.05, 4.69) is 49.9 Å².